The first-order valence-corrected chi connectivity index (χ1v) is 7.89. The Labute approximate surface area is 133 Å². The van der Waals surface area contributed by atoms with Crippen molar-refractivity contribution in [2.45, 2.75) is 50.9 Å². The Balaban J connectivity index is 2.09. The number of anilines is 1. The van der Waals surface area contributed by atoms with Gasteiger partial charge in [0.2, 0.25) is 0 Å². The Morgan fingerprint density at radius 3 is 2.65 bits per heavy atom. The van der Waals surface area contributed by atoms with E-state index >= 15 is 0 Å². The molecule has 0 radical (unpaired) electrons. The van der Waals surface area contributed by atoms with Crippen molar-refractivity contribution in [1.29, 1.82) is 0 Å². The minimum absolute atomic E-state index is 0.0760. The summed E-state index contributed by atoms with van der Waals surface area (Å²) in [5, 5.41) is 7.75. The average molecular weight is 323 g/mol. The second kappa shape index (κ2) is 5.72. The molecule has 3 rings (SSSR count). The maximum absolute atomic E-state index is 13.1. The number of pyridine rings is 1. The van der Waals surface area contributed by atoms with E-state index in [1.54, 1.807) is 6.20 Å². The number of nitrogens with zero attached hydrogens (tertiary/aromatic N) is 1. The molecule has 1 fully saturated rings. The van der Waals surface area contributed by atoms with Crippen molar-refractivity contribution in [2.24, 2.45) is 17.4 Å². The van der Waals surface area contributed by atoms with Gasteiger partial charge in [0, 0.05) is 34.6 Å². The third kappa shape index (κ3) is 3.03. The van der Waals surface area contributed by atoms with Crippen LogP contribution in [-0.2, 0) is 0 Å². The Kier molecular flexibility index (Phi) is 4.01. The zero-order valence-corrected chi connectivity index (χ0v) is 13.3. The lowest BCUT2D eigenvalue weighted by Gasteiger charge is -2.45. The molecule has 1 aromatic heterocycles. The number of hydrogen-bond donors (Lipinski definition) is 4. The summed E-state index contributed by atoms with van der Waals surface area (Å²) < 4.78 is 26.1. The highest BCUT2D eigenvalue weighted by Gasteiger charge is 2.41. The first-order valence-electron chi connectivity index (χ1n) is 7.89. The van der Waals surface area contributed by atoms with Gasteiger partial charge in [-0.3, -0.25) is 0 Å². The Bertz CT molecular complexity index is 712. The van der Waals surface area contributed by atoms with Gasteiger partial charge in [0.05, 0.1) is 0 Å². The normalized spacial score (nSPS) is 29.2. The smallest absolute Gasteiger partial charge is 0.280 e. The summed E-state index contributed by atoms with van der Waals surface area (Å²) in [7, 11) is 0. The van der Waals surface area contributed by atoms with Crippen LogP contribution >= 0.6 is 0 Å². The zero-order valence-electron chi connectivity index (χ0n) is 13.3. The quantitative estimate of drug-likeness (QED) is 0.642. The molecule has 6 N–H and O–H groups in total. The van der Waals surface area contributed by atoms with Crippen molar-refractivity contribution in [3.05, 3.63) is 22.2 Å². The summed E-state index contributed by atoms with van der Waals surface area (Å²) in [6.45, 7) is 3.88. The highest BCUT2D eigenvalue weighted by Crippen LogP contribution is 2.34. The molecule has 7 heteroatoms. The molecule has 0 amide bonds. The highest BCUT2D eigenvalue weighted by molar-refractivity contribution is 5.55. The molecule has 1 saturated carbocycles. The molecular weight excluding hydrogens is 300 g/mol. The van der Waals surface area contributed by atoms with Gasteiger partial charge in [-0.05, 0) is 38.8 Å². The van der Waals surface area contributed by atoms with E-state index in [1.807, 2.05) is 19.9 Å². The number of rotatable bonds is 4. The number of nitrogens with two attached hydrogens (primary N) is 2. The maximum atomic E-state index is 13.1. The molecule has 126 valence electrons. The number of aromatic nitrogens is 1. The van der Waals surface area contributed by atoms with Crippen LogP contribution in [0.1, 0.15) is 38.8 Å². The van der Waals surface area contributed by atoms with Crippen molar-refractivity contribution in [1.82, 2.24) is 10.3 Å². The highest BCUT2D eigenvalue weighted by atomic mass is 19.3. The molecule has 1 unspecified atom stereocenters. The molecule has 1 aromatic rings. The van der Waals surface area contributed by atoms with Crippen LogP contribution in [0.5, 0.6) is 0 Å². The fourth-order valence-corrected chi connectivity index (χ4v) is 3.13. The van der Waals surface area contributed by atoms with Gasteiger partial charge in [-0.1, -0.05) is 0 Å². The van der Waals surface area contributed by atoms with Gasteiger partial charge in [0.1, 0.15) is 17.2 Å². The van der Waals surface area contributed by atoms with E-state index in [4.69, 9.17) is 11.5 Å². The van der Waals surface area contributed by atoms with Crippen molar-refractivity contribution < 1.29 is 8.78 Å². The zero-order chi connectivity index (χ0) is 16.8. The number of halogens is 2. The molecular formula is C16H23F2N5. The second-order valence-corrected chi connectivity index (χ2v) is 6.79. The molecule has 0 bridgehead atoms. The molecule has 1 atom stereocenters. The fourth-order valence-electron chi connectivity index (χ4n) is 3.13. The van der Waals surface area contributed by atoms with Gasteiger partial charge in [0.15, 0.2) is 0 Å². The van der Waals surface area contributed by atoms with Gasteiger partial charge < -0.3 is 22.1 Å². The second-order valence-electron chi connectivity index (χ2n) is 6.79. The van der Waals surface area contributed by atoms with E-state index in [9.17, 15) is 8.78 Å². The van der Waals surface area contributed by atoms with Gasteiger partial charge in [-0.2, -0.15) is 0 Å². The Hall–Kier alpha value is -1.73. The summed E-state index contributed by atoms with van der Waals surface area (Å²) in [5.74, 6) is 0.674. The SMILES string of the molecule is CC(C)Nc1nc(C(F)F)cc2c1=CC(N)([C@H]1C[C@H](N)C1)NC=2. The lowest BCUT2D eigenvalue weighted by atomic mass is 9.72. The lowest BCUT2D eigenvalue weighted by molar-refractivity contribution is 0.146. The Morgan fingerprint density at radius 2 is 2.09 bits per heavy atom. The Morgan fingerprint density at radius 1 is 1.39 bits per heavy atom. The van der Waals surface area contributed by atoms with Crippen LogP contribution in [0.15, 0.2) is 6.07 Å². The monoisotopic (exact) mass is 323 g/mol. The molecule has 1 aliphatic heterocycles. The van der Waals surface area contributed by atoms with Crippen molar-refractivity contribution in [3.8, 4) is 0 Å². The molecule has 2 aliphatic rings. The lowest BCUT2D eigenvalue weighted by Crippen LogP contribution is -2.64. The van der Waals surface area contributed by atoms with E-state index in [0.29, 0.717) is 11.0 Å². The van der Waals surface area contributed by atoms with Crippen molar-refractivity contribution in [3.63, 3.8) is 0 Å². The first kappa shape index (κ1) is 16.1. The van der Waals surface area contributed by atoms with Gasteiger partial charge in [-0.25, -0.2) is 13.8 Å². The summed E-state index contributed by atoms with van der Waals surface area (Å²) >= 11 is 0. The topological polar surface area (TPSA) is 89.0 Å². The predicted octanol–water partition coefficient (Wildman–Crippen LogP) is 0.354. The number of nitrogens with one attached hydrogen (secondary N) is 2. The van der Waals surface area contributed by atoms with E-state index < -0.39 is 12.1 Å². The van der Waals surface area contributed by atoms with E-state index in [-0.39, 0.29) is 23.7 Å². The summed E-state index contributed by atoms with van der Waals surface area (Å²) in [4.78, 5) is 4.09. The van der Waals surface area contributed by atoms with Crippen molar-refractivity contribution >= 4 is 18.1 Å². The molecule has 0 saturated heterocycles. The molecule has 2 heterocycles. The van der Waals surface area contributed by atoms with Gasteiger partial charge in [-0.15, -0.1) is 0 Å². The van der Waals surface area contributed by atoms with Gasteiger partial charge >= 0.3 is 0 Å². The number of hydrogen-bond acceptors (Lipinski definition) is 5. The fraction of sp³-hybridized carbons (Fsp3) is 0.562. The van der Waals surface area contributed by atoms with E-state index in [1.165, 1.54) is 6.07 Å². The van der Waals surface area contributed by atoms with Crippen LogP contribution in [0.2, 0.25) is 0 Å². The third-order valence-electron chi connectivity index (χ3n) is 4.47. The minimum Gasteiger partial charge on any atom is -0.369 e. The molecule has 5 nitrogen and oxygen atoms in total. The number of alkyl halides is 2. The minimum atomic E-state index is -2.62. The van der Waals surface area contributed by atoms with Crippen LogP contribution in [0, 0.1) is 5.92 Å². The molecule has 1 aliphatic carbocycles. The standard InChI is InChI=1S/C16H23F2N5/c1-8(2)22-15-12-6-16(20,10-4-11(19)5-10)21-7-9(12)3-13(23-15)14(17)18/h3,6-8,10-11,14,21H,4-5,19-20H2,1-2H3,(H,22,23)/t10-,11-,16?. The molecule has 0 spiro atoms. The maximum Gasteiger partial charge on any atom is 0.280 e. The number of fused-ring (bicyclic) bond motifs is 1. The van der Waals surface area contributed by atoms with Gasteiger partial charge in [0.25, 0.3) is 6.43 Å². The largest absolute Gasteiger partial charge is 0.369 e. The van der Waals surface area contributed by atoms with Crippen LogP contribution < -0.4 is 32.5 Å². The average Bonchev–Trinajstić information content (AvgIpc) is 2.43. The molecule has 0 aromatic carbocycles. The van der Waals surface area contributed by atoms with Crippen molar-refractivity contribution in [2.75, 3.05) is 5.32 Å². The van der Waals surface area contributed by atoms with E-state index in [2.05, 4.69) is 15.6 Å². The first-order chi connectivity index (χ1) is 10.8. The van der Waals surface area contributed by atoms with Crippen LogP contribution in [-0.4, -0.2) is 22.7 Å². The predicted molar refractivity (Wildman–Crippen MR) is 86.9 cm³/mol. The van der Waals surface area contributed by atoms with Crippen LogP contribution in [0.25, 0.3) is 12.3 Å². The van der Waals surface area contributed by atoms with Crippen LogP contribution in [0.4, 0.5) is 14.6 Å². The third-order valence-corrected chi connectivity index (χ3v) is 4.47. The summed E-state index contributed by atoms with van der Waals surface area (Å²) in [6, 6.07) is 1.66. The molecule has 23 heavy (non-hydrogen) atoms. The van der Waals surface area contributed by atoms with E-state index in [0.717, 1.165) is 18.1 Å². The summed E-state index contributed by atoms with van der Waals surface area (Å²) in [5.41, 5.74) is 11.4. The summed E-state index contributed by atoms with van der Waals surface area (Å²) in [6.07, 6.45) is 2.68. The van der Waals surface area contributed by atoms with Crippen LogP contribution in [0.3, 0.4) is 0 Å².